The van der Waals surface area contributed by atoms with Gasteiger partial charge < -0.3 is 0 Å². The van der Waals surface area contributed by atoms with Gasteiger partial charge in [-0.2, -0.15) is 0 Å². The van der Waals surface area contributed by atoms with Crippen molar-refractivity contribution in [2.24, 2.45) is 5.41 Å². The third-order valence-corrected chi connectivity index (χ3v) is 2.27. The standard InChI is InChI=1S/C7H12OS/c1-5(8)7(3,4)6(2)9/h1-4H3. The average Bonchev–Trinajstić information content (AvgIpc) is 1.65. The highest BCUT2D eigenvalue weighted by Crippen LogP contribution is 2.18. The fourth-order valence-electron chi connectivity index (χ4n) is 0.248. The quantitative estimate of drug-likeness (QED) is 0.551. The molecule has 0 rings (SSSR count). The molecular weight excluding hydrogens is 132 g/mol. The van der Waals surface area contributed by atoms with Gasteiger partial charge in [-0.15, -0.1) is 0 Å². The summed E-state index contributed by atoms with van der Waals surface area (Å²) < 4.78 is 0. The molecule has 0 saturated heterocycles. The first kappa shape index (κ1) is 8.76. The largest absolute Gasteiger partial charge is 0.299 e. The number of rotatable bonds is 2. The SMILES string of the molecule is CC(=O)C(C)(C)C(C)=S. The molecule has 52 valence electrons. The van der Waals surface area contributed by atoms with Crippen molar-refractivity contribution in [3.8, 4) is 0 Å². The molecule has 9 heavy (non-hydrogen) atoms. The van der Waals surface area contributed by atoms with Crippen molar-refractivity contribution in [1.82, 2.24) is 0 Å². The number of thiocarbonyl (C=S) groups is 1. The minimum absolute atomic E-state index is 0.134. The van der Waals surface area contributed by atoms with Crippen LogP contribution in [0.25, 0.3) is 0 Å². The fourth-order valence-corrected chi connectivity index (χ4v) is 0.392. The minimum Gasteiger partial charge on any atom is -0.299 e. The molecule has 0 aromatic heterocycles. The van der Waals surface area contributed by atoms with Gasteiger partial charge in [0.25, 0.3) is 0 Å². The summed E-state index contributed by atoms with van der Waals surface area (Å²) in [5, 5.41) is 0. The highest BCUT2D eigenvalue weighted by atomic mass is 32.1. The molecule has 0 fully saturated rings. The van der Waals surface area contributed by atoms with Crippen molar-refractivity contribution in [2.45, 2.75) is 27.7 Å². The Hall–Kier alpha value is -0.240. The van der Waals surface area contributed by atoms with E-state index in [4.69, 9.17) is 12.2 Å². The van der Waals surface area contributed by atoms with Gasteiger partial charge in [0.05, 0.1) is 5.41 Å². The van der Waals surface area contributed by atoms with Gasteiger partial charge in [0.1, 0.15) is 5.78 Å². The number of carbonyl (C=O) groups excluding carboxylic acids is 1. The van der Waals surface area contributed by atoms with Crippen LogP contribution in [0.3, 0.4) is 0 Å². The van der Waals surface area contributed by atoms with E-state index in [1.807, 2.05) is 13.8 Å². The van der Waals surface area contributed by atoms with Crippen LogP contribution in [0.1, 0.15) is 27.7 Å². The lowest BCUT2D eigenvalue weighted by atomic mass is 9.86. The summed E-state index contributed by atoms with van der Waals surface area (Å²) in [7, 11) is 0. The number of ketones is 1. The summed E-state index contributed by atoms with van der Waals surface area (Å²) in [5.74, 6) is 0.134. The summed E-state index contributed by atoms with van der Waals surface area (Å²) in [6.07, 6.45) is 0. The third-order valence-electron chi connectivity index (χ3n) is 1.76. The lowest BCUT2D eigenvalue weighted by Gasteiger charge is -2.18. The molecule has 0 aromatic carbocycles. The van der Waals surface area contributed by atoms with Crippen LogP contribution < -0.4 is 0 Å². The van der Waals surface area contributed by atoms with Crippen LogP contribution in [0.4, 0.5) is 0 Å². The van der Waals surface area contributed by atoms with Gasteiger partial charge in [0.2, 0.25) is 0 Å². The van der Waals surface area contributed by atoms with Gasteiger partial charge in [-0.3, -0.25) is 4.79 Å². The van der Waals surface area contributed by atoms with Crippen LogP contribution in [0, 0.1) is 5.41 Å². The Balaban J connectivity index is 4.38. The second kappa shape index (κ2) is 2.56. The summed E-state index contributed by atoms with van der Waals surface area (Å²) >= 11 is 4.89. The Morgan fingerprint density at radius 2 is 1.67 bits per heavy atom. The molecule has 0 saturated carbocycles. The van der Waals surface area contributed by atoms with E-state index in [0.29, 0.717) is 0 Å². The van der Waals surface area contributed by atoms with Crippen molar-refractivity contribution in [2.75, 3.05) is 0 Å². The van der Waals surface area contributed by atoms with Gasteiger partial charge in [-0.1, -0.05) is 12.2 Å². The van der Waals surface area contributed by atoms with E-state index in [1.54, 1.807) is 13.8 Å². The van der Waals surface area contributed by atoms with Crippen LogP contribution in [-0.2, 0) is 4.79 Å². The van der Waals surface area contributed by atoms with Gasteiger partial charge in [0, 0.05) is 4.86 Å². The molecule has 0 radical (unpaired) electrons. The highest BCUT2D eigenvalue weighted by molar-refractivity contribution is 7.80. The molecule has 0 aromatic rings. The molecule has 0 bridgehead atoms. The smallest absolute Gasteiger partial charge is 0.140 e. The summed E-state index contributed by atoms with van der Waals surface area (Å²) in [5.41, 5.74) is -0.407. The van der Waals surface area contributed by atoms with E-state index in [-0.39, 0.29) is 5.78 Å². The second-order valence-corrected chi connectivity index (χ2v) is 3.35. The van der Waals surface area contributed by atoms with E-state index in [9.17, 15) is 4.79 Å². The van der Waals surface area contributed by atoms with Gasteiger partial charge in [0.15, 0.2) is 0 Å². The third kappa shape index (κ3) is 1.86. The zero-order chi connectivity index (χ0) is 7.65. The number of carbonyl (C=O) groups is 1. The topological polar surface area (TPSA) is 17.1 Å². The maximum absolute atomic E-state index is 10.8. The number of hydrogen-bond acceptors (Lipinski definition) is 2. The molecule has 1 nitrogen and oxygen atoms in total. The number of hydrogen-bond donors (Lipinski definition) is 0. The minimum atomic E-state index is -0.407. The van der Waals surface area contributed by atoms with Crippen molar-refractivity contribution in [3.63, 3.8) is 0 Å². The fraction of sp³-hybridized carbons (Fsp3) is 0.714. The maximum atomic E-state index is 10.8. The first-order valence-corrected chi connectivity index (χ1v) is 3.32. The van der Waals surface area contributed by atoms with Gasteiger partial charge >= 0.3 is 0 Å². The molecule has 0 aliphatic heterocycles. The molecule has 0 aliphatic rings. The van der Waals surface area contributed by atoms with Crippen LogP contribution in [0.2, 0.25) is 0 Å². The zero-order valence-corrected chi connectivity index (χ0v) is 7.13. The Labute approximate surface area is 61.4 Å². The van der Waals surface area contributed by atoms with Crippen molar-refractivity contribution >= 4 is 22.9 Å². The summed E-state index contributed by atoms with van der Waals surface area (Å²) in [4.78, 5) is 11.6. The Morgan fingerprint density at radius 1 is 1.33 bits per heavy atom. The predicted octanol–water partition coefficient (Wildman–Crippen LogP) is 1.99. The van der Waals surface area contributed by atoms with E-state index in [0.717, 1.165) is 4.86 Å². The molecule has 2 heteroatoms. The van der Waals surface area contributed by atoms with Crippen molar-refractivity contribution in [3.05, 3.63) is 0 Å². The van der Waals surface area contributed by atoms with E-state index in [2.05, 4.69) is 0 Å². The van der Waals surface area contributed by atoms with Gasteiger partial charge in [-0.05, 0) is 27.7 Å². The van der Waals surface area contributed by atoms with Crippen molar-refractivity contribution in [1.29, 1.82) is 0 Å². The van der Waals surface area contributed by atoms with E-state index in [1.165, 1.54) is 0 Å². The average molecular weight is 144 g/mol. The van der Waals surface area contributed by atoms with E-state index < -0.39 is 5.41 Å². The molecule has 0 heterocycles. The second-order valence-electron chi connectivity index (χ2n) is 2.74. The predicted molar refractivity (Wildman–Crippen MR) is 42.7 cm³/mol. The molecule has 0 spiro atoms. The van der Waals surface area contributed by atoms with Crippen LogP contribution in [-0.4, -0.2) is 10.6 Å². The van der Waals surface area contributed by atoms with Crippen molar-refractivity contribution < 1.29 is 4.79 Å². The first-order valence-electron chi connectivity index (χ1n) is 2.91. The monoisotopic (exact) mass is 144 g/mol. The Bertz CT molecular complexity index is 131. The zero-order valence-electron chi connectivity index (χ0n) is 6.32. The van der Waals surface area contributed by atoms with Crippen LogP contribution in [0.5, 0.6) is 0 Å². The molecular formula is C7H12OS. The molecule has 0 atom stereocenters. The highest BCUT2D eigenvalue weighted by Gasteiger charge is 2.25. The van der Waals surface area contributed by atoms with Crippen LogP contribution in [0.15, 0.2) is 0 Å². The lowest BCUT2D eigenvalue weighted by molar-refractivity contribution is -0.121. The molecule has 0 unspecified atom stereocenters. The summed E-state index contributed by atoms with van der Waals surface area (Å²) in [6, 6.07) is 0. The normalized spacial score (nSPS) is 11.1. The lowest BCUT2D eigenvalue weighted by Crippen LogP contribution is -2.27. The Kier molecular flexibility index (Phi) is 2.50. The first-order chi connectivity index (χ1) is 3.89. The molecule has 0 aliphatic carbocycles. The number of Topliss-reactive ketones (excluding diaryl/α,β-unsaturated/α-hetero) is 1. The van der Waals surface area contributed by atoms with E-state index >= 15 is 0 Å². The van der Waals surface area contributed by atoms with Crippen LogP contribution >= 0.6 is 12.2 Å². The summed E-state index contributed by atoms with van der Waals surface area (Å²) in [6.45, 7) is 7.06. The van der Waals surface area contributed by atoms with Gasteiger partial charge in [-0.25, -0.2) is 0 Å². The Morgan fingerprint density at radius 3 is 1.67 bits per heavy atom. The molecule has 0 N–H and O–H groups in total. The molecule has 0 amide bonds. The maximum Gasteiger partial charge on any atom is 0.140 e.